The van der Waals surface area contributed by atoms with E-state index in [-0.39, 0.29) is 11.5 Å². The number of thiazole rings is 1. The molecular weight excluding hydrogens is 228 g/mol. The molecule has 2 nitrogen and oxygen atoms in total. The summed E-state index contributed by atoms with van der Waals surface area (Å²) in [6, 6.07) is 0.0600. The van der Waals surface area contributed by atoms with Crippen molar-refractivity contribution in [1.29, 1.82) is 0 Å². The third-order valence-electron chi connectivity index (χ3n) is 3.76. The molecule has 2 N–H and O–H groups in total. The smallest absolute Gasteiger partial charge is 0.110 e. The van der Waals surface area contributed by atoms with Crippen LogP contribution in [0.25, 0.3) is 0 Å². The van der Waals surface area contributed by atoms with Gasteiger partial charge in [-0.3, -0.25) is 0 Å². The first-order chi connectivity index (χ1) is 7.98. The van der Waals surface area contributed by atoms with Crippen LogP contribution in [-0.2, 0) is 0 Å². The fraction of sp³-hybridized carbons (Fsp3) is 0.786. The molecule has 0 aliphatic heterocycles. The van der Waals surface area contributed by atoms with Crippen LogP contribution in [0, 0.1) is 5.41 Å². The Morgan fingerprint density at radius 2 is 1.94 bits per heavy atom. The second-order valence-corrected chi connectivity index (χ2v) is 7.18. The molecule has 96 valence electrons. The molecule has 1 heterocycles. The first-order valence-electron chi connectivity index (χ1n) is 6.69. The maximum atomic E-state index is 6.26. The number of nitrogens with zero attached hydrogens (tertiary/aromatic N) is 1. The normalized spacial score (nSPS) is 20.5. The van der Waals surface area contributed by atoms with Crippen molar-refractivity contribution in [2.45, 2.75) is 64.8 Å². The first kappa shape index (κ1) is 13.0. The van der Waals surface area contributed by atoms with E-state index >= 15 is 0 Å². The summed E-state index contributed by atoms with van der Waals surface area (Å²) >= 11 is 1.74. The van der Waals surface area contributed by atoms with Gasteiger partial charge in [0, 0.05) is 11.3 Å². The lowest BCUT2D eigenvalue weighted by atomic mass is 9.86. The van der Waals surface area contributed by atoms with Crippen LogP contribution in [0.1, 0.15) is 75.5 Å². The van der Waals surface area contributed by atoms with Crippen molar-refractivity contribution in [3.8, 4) is 0 Å². The lowest BCUT2D eigenvalue weighted by Gasteiger charge is -2.25. The summed E-state index contributed by atoms with van der Waals surface area (Å²) in [5, 5.41) is 3.34. The van der Waals surface area contributed by atoms with Crippen molar-refractivity contribution in [2.24, 2.45) is 11.1 Å². The van der Waals surface area contributed by atoms with Gasteiger partial charge in [-0.1, -0.05) is 40.0 Å². The molecule has 1 aliphatic rings. The third-order valence-corrected chi connectivity index (χ3v) is 4.71. The highest BCUT2D eigenvalue weighted by Crippen LogP contribution is 2.37. The fourth-order valence-electron chi connectivity index (χ4n) is 2.40. The predicted molar refractivity (Wildman–Crippen MR) is 74.3 cm³/mol. The van der Waals surface area contributed by atoms with Crippen LogP contribution >= 0.6 is 11.3 Å². The topological polar surface area (TPSA) is 38.9 Å². The SMILES string of the molecule is CC(C)(C)C(N)c1nc(C2CCCCC2)cs1. The molecule has 3 heteroatoms. The number of hydrogen-bond donors (Lipinski definition) is 1. The van der Waals surface area contributed by atoms with Crippen LogP contribution in [0.15, 0.2) is 5.38 Å². The molecule has 1 aliphatic carbocycles. The first-order valence-corrected chi connectivity index (χ1v) is 7.57. The Morgan fingerprint density at radius 1 is 1.29 bits per heavy atom. The molecule has 1 aromatic heterocycles. The van der Waals surface area contributed by atoms with Crippen LogP contribution in [0.2, 0.25) is 0 Å². The van der Waals surface area contributed by atoms with Crippen LogP contribution in [0.5, 0.6) is 0 Å². The van der Waals surface area contributed by atoms with E-state index in [1.807, 2.05) is 0 Å². The Morgan fingerprint density at radius 3 is 2.53 bits per heavy atom. The zero-order valence-electron chi connectivity index (χ0n) is 11.2. The number of hydrogen-bond acceptors (Lipinski definition) is 3. The van der Waals surface area contributed by atoms with Gasteiger partial charge < -0.3 is 5.73 Å². The number of nitrogens with two attached hydrogens (primary N) is 1. The second kappa shape index (κ2) is 5.07. The van der Waals surface area contributed by atoms with E-state index < -0.39 is 0 Å². The van der Waals surface area contributed by atoms with Gasteiger partial charge in [0.1, 0.15) is 5.01 Å². The third kappa shape index (κ3) is 3.08. The Hall–Kier alpha value is -0.410. The molecule has 1 fully saturated rings. The molecule has 1 atom stereocenters. The molecule has 2 rings (SSSR count). The molecule has 0 amide bonds. The van der Waals surface area contributed by atoms with Gasteiger partial charge in [0.25, 0.3) is 0 Å². The van der Waals surface area contributed by atoms with Crippen molar-refractivity contribution in [2.75, 3.05) is 0 Å². The summed E-state index contributed by atoms with van der Waals surface area (Å²) in [5.74, 6) is 0.695. The van der Waals surface area contributed by atoms with Gasteiger partial charge in [-0.25, -0.2) is 4.98 Å². The van der Waals surface area contributed by atoms with Crippen molar-refractivity contribution >= 4 is 11.3 Å². The van der Waals surface area contributed by atoms with Gasteiger partial charge in [0.15, 0.2) is 0 Å². The lowest BCUT2D eigenvalue weighted by Crippen LogP contribution is -2.26. The van der Waals surface area contributed by atoms with E-state index in [1.165, 1.54) is 37.8 Å². The Kier molecular flexibility index (Phi) is 3.88. The van der Waals surface area contributed by atoms with Crippen LogP contribution in [0.3, 0.4) is 0 Å². The molecule has 0 saturated heterocycles. The summed E-state index contributed by atoms with van der Waals surface area (Å²) < 4.78 is 0. The minimum absolute atomic E-state index is 0.0600. The molecule has 1 saturated carbocycles. The lowest BCUT2D eigenvalue weighted by molar-refractivity contribution is 0.325. The van der Waals surface area contributed by atoms with Gasteiger partial charge in [-0.05, 0) is 18.3 Å². The average Bonchev–Trinajstić information content (AvgIpc) is 2.77. The molecule has 1 aromatic rings. The monoisotopic (exact) mass is 252 g/mol. The largest absolute Gasteiger partial charge is 0.322 e. The molecule has 0 spiro atoms. The highest BCUT2D eigenvalue weighted by molar-refractivity contribution is 7.09. The number of aromatic nitrogens is 1. The Bertz CT molecular complexity index is 359. The maximum absolute atomic E-state index is 6.26. The van der Waals surface area contributed by atoms with Crippen molar-refractivity contribution in [3.05, 3.63) is 16.1 Å². The maximum Gasteiger partial charge on any atom is 0.110 e. The molecular formula is C14H24N2S. The zero-order valence-corrected chi connectivity index (χ0v) is 12.0. The van der Waals surface area contributed by atoms with Gasteiger partial charge in [0.05, 0.1) is 11.7 Å². The van der Waals surface area contributed by atoms with E-state index in [1.54, 1.807) is 11.3 Å². The van der Waals surface area contributed by atoms with Gasteiger partial charge >= 0.3 is 0 Å². The standard InChI is InChI=1S/C14H24N2S/c1-14(2,3)12(15)13-16-11(9-17-13)10-7-5-4-6-8-10/h9-10,12H,4-8,15H2,1-3H3. The van der Waals surface area contributed by atoms with E-state index in [9.17, 15) is 0 Å². The minimum Gasteiger partial charge on any atom is -0.322 e. The quantitative estimate of drug-likeness (QED) is 0.855. The zero-order chi connectivity index (χ0) is 12.5. The summed E-state index contributed by atoms with van der Waals surface area (Å²) in [6.45, 7) is 6.54. The Balaban J connectivity index is 2.10. The van der Waals surface area contributed by atoms with Crippen molar-refractivity contribution < 1.29 is 0 Å². The summed E-state index contributed by atoms with van der Waals surface area (Å²) in [7, 11) is 0. The summed E-state index contributed by atoms with van der Waals surface area (Å²) in [5.41, 5.74) is 7.66. The molecule has 0 aromatic carbocycles. The van der Waals surface area contributed by atoms with Gasteiger partial charge in [0.2, 0.25) is 0 Å². The highest BCUT2D eigenvalue weighted by atomic mass is 32.1. The van der Waals surface area contributed by atoms with E-state index in [0.717, 1.165) is 5.01 Å². The van der Waals surface area contributed by atoms with Crippen LogP contribution in [-0.4, -0.2) is 4.98 Å². The summed E-state index contributed by atoms with van der Waals surface area (Å²) in [6.07, 6.45) is 6.75. The van der Waals surface area contributed by atoms with Crippen LogP contribution in [0.4, 0.5) is 0 Å². The van der Waals surface area contributed by atoms with Crippen molar-refractivity contribution in [1.82, 2.24) is 4.98 Å². The minimum atomic E-state index is 0.0600. The van der Waals surface area contributed by atoms with Crippen LogP contribution < -0.4 is 5.73 Å². The predicted octanol–water partition coefficient (Wildman–Crippen LogP) is 4.24. The van der Waals surface area contributed by atoms with E-state index in [4.69, 9.17) is 10.7 Å². The van der Waals surface area contributed by atoms with E-state index in [2.05, 4.69) is 26.2 Å². The molecule has 0 bridgehead atoms. The molecule has 17 heavy (non-hydrogen) atoms. The van der Waals surface area contributed by atoms with Gasteiger partial charge in [-0.2, -0.15) is 0 Å². The Labute approximate surface area is 109 Å². The van der Waals surface area contributed by atoms with Gasteiger partial charge in [-0.15, -0.1) is 11.3 Å². The van der Waals surface area contributed by atoms with E-state index in [0.29, 0.717) is 5.92 Å². The highest BCUT2D eigenvalue weighted by Gasteiger charge is 2.26. The second-order valence-electron chi connectivity index (χ2n) is 6.29. The fourth-order valence-corrected chi connectivity index (χ4v) is 3.54. The average molecular weight is 252 g/mol. The number of rotatable bonds is 2. The summed E-state index contributed by atoms with van der Waals surface area (Å²) in [4.78, 5) is 4.79. The molecule has 1 unspecified atom stereocenters. The molecule has 0 radical (unpaired) electrons. The van der Waals surface area contributed by atoms with Crippen molar-refractivity contribution in [3.63, 3.8) is 0 Å².